The monoisotopic (exact) mass is 335 g/mol. The molecule has 0 aliphatic rings. The first kappa shape index (κ1) is 17.6. The molecule has 7 nitrogen and oxygen atoms in total. The SMILES string of the molecule is Cc1cc(C(=O)O)cc(S(=O)(=O)NCCS(C)(=O)=O)c1C. The summed E-state index contributed by atoms with van der Waals surface area (Å²) in [4.78, 5) is 10.8. The second kappa shape index (κ2) is 6.12. The first-order valence-corrected chi connectivity index (χ1v) is 9.50. The molecule has 0 saturated carbocycles. The van der Waals surface area contributed by atoms with Crippen LogP contribution in [0.1, 0.15) is 21.5 Å². The van der Waals surface area contributed by atoms with Crippen LogP contribution in [0.2, 0.25) is 0 Å². The molecule has 2 N–H and O–H groups in total. The number of sulfone groups is 1. The fourth-order valence-electron chi connectivity index (χ4n) is 1.67. The van der Waals surface area contributed by atoms with Crippen molar-refractivity contribution < 1.29 is 26.7 Å². The molecule has 0 bridgehead atoms. The smallest absolute Gasteiger partial charge is 0.335 e. The van der Waals surface area contributed by atoms with Crippen molar-refractivity contribution in [1.82, 2.24) is 4.72 Å². The van der Waals surface area contributed by atoms with Crippen LogP contribution in [0.4, 0.5) is 0 Å². The van der Waals surface area contributed by atoms with Gasteiger partial charge in [-0.1, -0.05) is 0 Å². The van der Waals surface area contributed by atoms with Crippen LogP contribution >= 0.6 is 0 Å². The molecule has 0 radical (unpaired) electrons. The highest BCUT2D eigenvalue weighted by Gasteiger charge is 2.20. The predicted octanol–water partition coefficient (Wildman–Crippen LogP) is 0.325. The van der Waals surface area contributed by atoms with E-state index in [9.17, 15) is 21.6 Å². The summed E-state index contributed by atoms with van der Waals surface area (Å²) in [6.45, 7) is 2.90. The van der Waals surface area contributed by atoms with Gasteiger partial charge in [0.15, 0.2) is 0 Å². The molecule has 0 heterocycles. The highest BCUT2D eigenvalue weighted by atomic mass is 32.2. The number of sulfonamides is 1. The molecule has 0 unspecified atom stereocenters. The Balaban J connectivity index is 3.16. The zero-order chi connectivity index (χ0) is 16.4. The van der Waals surface area contributed by atoms with Crippen molar-refractivity contribution in [2.75, 3.05) is 18.6 Å². The molecule has 0 aliphatic carbocycles. The highest BCUT2D eigenvalue weighted by Crippen LogP contribution is 2.21. The summed E-state index contributed by atoms with van der Waals surface area (Å²) >= 11 is 0. The zero-order valence-electron chi connectivity index (χ0n) is 11.9. The molecule has 0 saturated heterocycles. The standard InChI is InChI=1S/C12H17NO6S2/c1-8-6-10(12(14)15)7-11(9(8)2)21(18,19)13-4-5-20(3,16)17/h6-7,13H,4-5H2,1-3H3,(H,14,15). The Morgan fingerprint density at radius 1 is 1.19 bits per heavy atom. The molecule has 0 amide bonds. The van der Waals surface area contributed by atoms with Crippen molar-refractivity contribution in [3.8, 4) is 0 Å². The molecule has 0 atom stereocenters. The molecule has 21 heavy (non-hydrogen) atoms. The van der Waals surface area contributed by atoms with E-state index in [1.165, 1.54) is 6.07 Å². The number of nitrogens with one attached hydrogen (secondary N) is 1. The number of aryl methyl sites for hydroxylation is 1. The minimum Gasteiger partial charge on any atom is -0.478 e. The topological polar surface area (TPSA) is 118 Å². The Bertz CT molecular complexity index is 765. The van der Waals surface area contributed by atoms with Crippen LogP contribution in [0.5, 0.6) is 0 Å². The fraction of sp³-hybridized carbons (Fsp3) is 0.417. The molecule has 1 rings (SSSR count). The van der Waals surface area contributed by atoms with E-state index in [1.807, 2.05) is 0 Å². The van der Waals surface area contributed by atoms with Gasteiger partial charge in [-0.3, -0.25) is 0 Å². The minimum absolute atomic E-state index is 0.137. The maximum Gasteiger partial charge on any atom is 0.335 e. The third kappa shape index (κ3) is 4.80. The van der Waals surface area contributed by atoms with Crippen molar-refractivity contribution in [1.29, 1.82) is 0 Å². The largest absolute Gasteiger partial charge is 0.478 e. The number of carboxylic acid groups (broad SMARTS) is 1. The number of aromatic carboxylic acids is 1. The van der Waals surface area contributed by atoms with Crippen LogP contribution in [0.15, 0.2) is 17.0 Å². The Labute approximate surface area is 124 Å². The number of carbonyl (C=O) groups is 1. The maximum atomic E-state index is 12.2. The van der Waals surface area contributed by atoms with Gasteiger partial charge in [-0.15, -0.1) is 0 Å². The lowest BCUT2D eigenvalue weighted by Crippen LogP contribution is -2.29. The number of rotatable bonds is 6. The quantitative estimate of drug-likeness (QED) is 0.773. The predicted molar refractivity (Wildman–Crippen MR) is 77.8 cm³/mol. The van der Waals surface area contributed by atoms with Crippen LogP contribution in [-0.4, -0.2) is 46.5 Å². The lowest BCUT2D eigenvalue weighted by atomic mass is 10.1. The van der Waals surface area contributed by atoms with Gasteiger partial charge in [-0.2, -0.15) is 0 Å². The van der Waals surface area contributed by atoms with Gasteiger partial charge in [0.25, 0.3) is 0 Å². The van der Waals surface area contributed by atoms with Crippen molar-refractivity contribution in [3.63, 3.8) is 0 Å². The maximum absolute atomic E-state index is 12.2. The zero-order valence-corrected chi connectivity index (χ0v) is 13.5. The van der Waals surface area contributed by atoms with Gasteiger partial charge in [0.05, 0.1) is 16.2 Å². The van der Waals surface area contributed by atoms with Crippen LogP contribution in [0, 0.1) is 13.8 Å². The lowest BCUT2D eigenvalue weighted by Gasteiger charge is -2.12. The van der Waals surface area contributed by atoms with E-state index in [1.54, 1.807) is 13.8 Å². The summed E-state index contributed by atoms with van der Waals surface area (Å²) in [6, 6.07) is 2.45. The van der Waals surface area contributed by atoms with Crippen LogP contribution in [0.25, 0.3) is 0 Å². The Hall–Kier alpha value is -1.45. The van der Waals surface area contributed by atoms with E-state index < -0.39 is 25.8 Å². The number of hydrogen-bond acceptors (Lipinski definition) is 5. The molecule has 0 aliphatic heterocycles. The van der Waals surface area contributed by atoms with Gasteiger partial charge in [0, 0.05) is 12.8 Å². The van der Waals surface area contributed by atoms with Crippen molar-refractivity contribution in [2.24, 2.45) is 0 Å². The molecule has 1 aromatic carbocycles. The molecular formula is C12H17NO6S2. The van der Waals surface area contributed by atoms with Gasteiger partial charge in [0.2, 0.25) is 10.0 Å². The van der Waals surface area contributed by atoms with Gasteiger partial charge >= 0.3 is 5.97 Å². The first-order chi connectivity index (χ1) is 9.44. The lowest BCUT2D eigenvalue weighted by molar-refractivity contribution is 0.0696. The van der Waals surface area contributed by atoms with Crippen LogP contribution in [-0.2, 0) is 19.9 Å². The molecule has 118 valence electrons. The summed E-state index contributed by atoms with van der Waals surface area (Å²) in [5.74, 6) is -1.56. The normalized spacial score (nSPS) is 12.3. The number of hydrogen-bond donors (Lipinski definition) is 2. The summed E-state index contributed by atoms with van der Waals surface area (Å²) in [5.41, 5.74) is 0.812. The fourth-order valence-corrected chi connectivity index (χ4v) is 3.64. The Kier molecular flexibility index (Phi) is 5.13. The molecular weight excluding hydrogens is 318 g/mol. The molecule has 0 aromatic heterocycles. The van der Waals surface area contributed by atoms with E-state index in [0.29, 0.717) is 11.1 Å². The van der Waals surface area contributed by atoms with Crippen molar-refractivity contribution in [3.05, 3.63) is 28.8 Å². The summed E-state index contributed by atoms with van der Waals surface area (Å²) in [5, 5.41) is 8.98. The van der Waals surface area contributed by atoms with E-state index in [2.05, 4.69) is 4.72 Å². The molecule has 9 heteroatoms. The summed E-state index contributed by atoms with van der Waals surface area (Å²) < 4.78 is 48.5. The second-order valence-corrected chi connectivity index (χ2v) is 8.74. The van der Waals surface area contributed by atoms with Crippen molar-refractivity contribution in [2.45, 2.75) is 18.7 Å². The van der Waals surface area contributed by atoms with Crippen molar-refractivity contribution >= 4 is 25.8 Å². The third-order valence-corrected chi connectivity index (χ3v) is 5.45. The Morgan fingerprint density at radius 2 is 1.76 bits per heavy atom. The molecule has 0 fully saturated rings. The average molecular weight is 335 g/mol. The minimum atomic E-state index is -3.97. The average Bonchev–Trinajstić information content (AvgIpc) is 2.29. The second-order valence-electron chi connectivity index (χ2n) is 4.75. The number of carboxylic acids is 1. The summed E-state index contributed by atoms with van der Waals surface area (Å²) in [6.07, 6.45) is 1.00. The van der Waals surface area contributed by atoms with Gasteiger partial charge in [-0.05, 0) is 37.1 Å². The van der Waals surface area contributed by atoms with Gasteiger partial charge in [0.1, 0.15) is 9.84 Å². The molecule has 0 spiro atoms. The van der Waals surface area contributed by atoms with Crippen LogP contribution in [0.3, 0.4) is 0 Å². The third-order valence-electron chi connectivity index (χ3n) is 2.92. The van der Waals surface area contributed by atoms with E-state index in [0.717, 1.165) is 12.3 Å². The Morgan fingerprint density at radius 3 is 2.24 bits per heavy atom. The van der Waals surface area contributed by atoms with E-state index in [4.69, 9.17) is 5.11 Å². The summed E-state index contributed by atoms with van der Waals surface area (Å²) in [7, 11) is -7.26. The van der Waals surface area contributed by atoms with Gasteiger partial charge in [-0.25, -0.2) is 26.4 Å². The van der Waals surface area contributed by atoms with E-state index in [-0.39, 0.29) is 22.8 Å². The van der Waals surface area contributed by atoms with Gasteiger partial charge < -0.3 is 5.11 Å². The van der Waals surface area contributed by atoms with E-state index >= 15 is 0 Å². The molecule has 1 aromatic rings. The highest BCUT2D eigenvalue weighted by molar-refractivity contribution is 7.91. The first-order valence-electron chi connectivity index (χ1n) is 5.96. The van der Waals surface area contributed by atoms with Crippen LogP contribution < -0.4 is 4.72 Å². The number of benzene rings is 1.